The van der Waals surface area contributed by atoms with Gasteiger partial charge in [0.1, 0.15) is 11.2 Å². The maximum atomic E-state index is 11.9. The van der Waals surface area contributed by atoms with Crippen molar-refractivity contribution >= 4 is 34.9 Å². The average molecular weight is 453 g/mol. The van der Waals surface area contributed by atoms with Crippen LogP contribution in [0.15, 0.2) is 53.5 Å². The van der Waals surface area contributed by atoms with Crippen molar-refractivity contribution in [2.45, 2.75) is 25.3 Å². The number of primary amides is 1. The number of nitriles is 1. The van der Waals surface area contributed by atoms with Crippen molar-refractivity contribution in [1.82, 2.24) is 15.1 Å². The van der Waals surface area contributed by atoms with Crippen LogP contribution in [0, 0.1) is 18.4 Å². The maximum absolute atomic E-state index is 11.9. The zero-order chi connectivity index (χ0) is 22.2. The second-order valence-corrected chi connectivity index (χ2v) is 8.13. The van der Waals surface area contributed by atoms with Crippen LogP contribution >= 0.6 is 23.2 Å². The first-order valence-corrected chi connectivity index (χ1v) is 10.3. The minimum absolute atomic E-state index is 0.192. The van der Waals surface area contributed by atoms with Crippen molar-refractivity contribution in [3.63, 3.8) is 0 Å². The first kappa shape index (κ1) is 20.9. The summed E-state index contributed by atoms with van der Waals surface area (Å²) in [6.07, 6.45) is 2.95. The van der Waals surface area contributed by atoms with Gasteiger partial charge in [-0.05, 0) is 44.0 Å². The van der Waals surface area contributed by atoms with E-state index in [-0.39, 0.29) is 5.84 Å². The van der Waals surface area contributed by atoms with Crippen molar-refractivity contribution in [3.8, 4) is 23.1 Å². The van der Waals surface area contributed by atoms with E-state index in [2.05, 4.69) is 10.3 Å². The smallest absolute Gasteiger partial charge is 0.245 e. The van der Waals surface area contributed by atoms with Crippen LogP contribution in [-0.4, -0.2) is 27.1 Å². The number of nitrogens with zero attached hydrogens (tertiary/aromatic N) is 4. The Hall–Kier alpha value is -3.34. The van der Waals surface area contributed by atoms with Gasteiger partial charge in [-0.3, -0.25) is 10.1 Å². The van der Waals surface area contributed by atoms with Crippen LogP contribution in [0.3, 0.4) is 0 Å². The summed E-state index contributed by atoms with van der Waals surface area (Å²) in [5, 5.41) is 17.7. The fourth-order valence-electron chi connectivity index (χ4n) is 3.40. The number of halogens is 2. The number of hydrogen-bond acceptors (Lipinski definition) is 4. The van der Waals surface area contributed by atoms with Crippen LogP contribution in [0.1, 0.15) is 24.1 Å². The van der Waals surface area contributed by atoms with E-state index in [1.165, 1.54) is 0 Å². The van der Waals surface area contributed by atoms with Crippen LogP contribution in [0.4, 0.5) is 0 Å². The van der Waals surface area contributed by atoms with Gasteiger partial charge in [0.05, 0.1) is 16.4 Å². The highest BCUT2D eigenvalue weighted by atomic mass is 35.5. The minimum Gasteiger partial charge on any atom is -0.368 e. The second kappa shape index (κ2) is 8.06. The lowest BCUT2D eigenvalue weighted by molar-refractivity contribution is -0.120. The van der Waals surface area contributed by atoms with Crippen LogP contribution in [0.25, 0.3) is 16.9 Å². The van der Waals surface area contributed by atoms with Crippen molar-refractivity contribution < 1.29 is 4.79 Å². The molecule has 4 rings (SSSR count). The molecule has 156 valence electrons. The molecule has 1 fully saturated rings. The van der Waals surface area contributed by atoms with Gasteiger partial charge >= 0.3 is 0 Å². The summed E-state index contributed by atoms with van der Waals surface area (Å²) in [5.41, 5.74) is 7.99. The lowest BCUT2D eigenvalue weighted by Crippen LogP contribution is -2.33. The number of aliphatic imine (C=N–C) groups is 1. The Balaban J connectivity index is 1.96. The molecular formula is C22H18Cl2N6O. The number of benzene rings is 2. The lowest BCUT2D eigenvalue weighted by atomic mass is 10.1. The molecule has 1 heterocycles. The van der Waals surface area contributed by atoms with Crippen LogP contribution in [0.5, 0.6) is 0 Å². The number of carbonyl (C=O) groups excluding carboxylic acids is 1. The molecule has 0 atom stereocenters. The van der Waals surface area contributed by atoms with E-state index in [0.717, 1.165) is 16.8 Å². The number of nitrogens with one attached hydrogen (secondary N) is 1. The largest absolute Gasteiger partial charge is 0.368 e. The van der Waals surface area contributed by atoms with E-state index in [9.17, 15) is 10.1 Å². The monoisotopic (exact) mass is 452 g/mol. The molecule has 1 saturated carbocycles. The highest BCUT2D eigenvalue weighted by Crippen LogP contribution is 2.40. The van der Waals surface area contributed by atoms with Gasteiger partial charge < -0.3 is 5.73 Å². The highest BCUT2D eigenvalue weighted by Gasteiger charge is 2.49. The van der Waals surface area contributed by atoms with Crippen molar-refractivity contribution in [2.24, 2.45) is 10.7 Å². The van der Waals surface area contributed by atoms with Crippen molar-refractivity contribution in [1.29, 1.82) is 5.26 Å². The number of amidine groups is 1. The van der Waals surface area contributed by atoms with E-state index in [0.29, 0.717) is 34.3 Å². The Bertz CT molecular complexity index is 1240. The average Bonchev–Trinajstić information content (AvgIpc) is 3.46. The molecule has 31 heavy (non-hydrogen) atoms. The highest BCUT2D eigenvalue weighted by molar-refractivity contribution is 6.32. The lowest BCUT2D eigenvalue weighted by Gasteiger charge is -2.10. The molecule has 7 nitrogen and oxygen atoms in total. The predicted molar refractivity (Wildman–Crippen MR) is 120 cm³/mol. The van der Waals surface area contributed by atoms with Gasteiger partial charge in [0.15, 0.2) is 12.0 Å². The first-order chi connectivity index (χ1) is 14.9. The van der Waals surface area contributed by atoms with E-state index >= 15 is 0 Å². The van der Waals surface area contributed by atoms with Gasteiger partial charge in [0.25, 0.3) is 0 Å². The molecule has 1 aliphatic carbocycles. The first-order valence-electron chi connectivity index (χ1n) is 9.52. The standard InChI is InChI=1S/C22H18Cl2N6O/c1-13-18(20(27-12-25)28-22(10-11-22)21(26)31)29-30(17-5-3-2-4-16(17)24)19(13)14-6-8-15(23)9-7-14/h2-9H,10-11H2,1H3,(H2,26,31)(H,27,28). The second-order valence-electron chi connectivity index (χ2n) is 7.29. The van der Waals surface area contributed by atoms with E-state index in [4.69, 9.17) is 34.0 Å². The molecule has 0 spiro atoms. The molecule has 2 aromatic carbocycles. The molecule has 1 aliphatic rings. The molecule has 3 N–H and O–H groups in total. The van der Waals surface area contributed by atoms with Crippen molar-refractivity contribution in [3.05, 3.63) is 69.8 Å². The summed E-state index contributed by atoms with van der Waals surface area (Å²) in [6, 6.07) is 14.6. The molecule has 0 radical (unpaired) electrons. The third kappa shape index (κ3) is 3.88. The summed E-state index contributed by atoms with van der Waals surface area (Å²) in [7, 11) is 0. The maximum Gasteiger partial charge on any atom is 0.245 e. The number of carbonyl (C=O) groups is 1. The van der Waals surface area contributed by atoms with Crippen LogP contribution in [-0.2, 0) is 4.79 Å². The van der Waals surface area contributed by atoms with Gasteiger partial charge in [-0.15, -0.1) is 0 Å². The molecule has 0 bridgehead atoms. The fourth-order valence-corrected chi connectivity index (χ4v) is 3.75. The topological polar surface area (TPSA) is 109 Å². The predicted octanol–water partition coefficient (Wildman–Crippen LogP) is 3.99. The van der Waals surface area contributed by atoms with E-state index in [1.807, 2.05) is 43.4 Å². The summed E-state index contributed by atoms with van der Waals surface area (Å²) in [5.74, 6) is -0.330. The van der Waals surface area contributed by atoms with Crippen molar-refractivity contribution in [2.75, 3.05) is 0 Å². The number of para-hydroxylation sites is 1. The van der Waals surface area contributed by atoms with Gasteiger partial charge in [0.2, 0.25) is 5.91 Å². The summed E-state index contributed by atoms with van der Waals surface area (Å²) in [4.78, 5) is 16.4. The third-order valence-electron chi connectivity index (χ3n) is 5.23. The van der Waals surface area contributed by atoms with Gasteiger partial charge in [-0.2, -0.15) is 10.4 Å². The molecule has 0 unspecified atom stereocenters. The molecule has 0 saturated heterocycles. The van der Waals surface area contributed by atoms with E-state index in [1.54, 1.807) is 22.9 Å². The Kier molecular flexibility index (Phi) is 5.44. The zero-order valence-electron chi connectivity index (χ0n) is 16.6. The fraction of sp³-hybridized carbons (Fsp3) is 0.182. The minimum atomic E-state index is -1.000. The molecule has 9 heteroatoms. The molecule has 0 aliphatic heterocycles. The van der Waals surface area contributed by atoms with Crippen LogP contribution in [0.2, 0.25) is 10.0 Å². The Morgan fingerprint density at radius 3 is 2.48 bits per heavy atom. The molecule has 3 aromatic rings. The quantitative estimate of drug-likeness (QED) is 0.264. The van der Waals surface area contributed by atoms with Crippen LogP contribution < -0.4 is 11.1 Å². The molecule has 1 amide bonds. The summed E-state index contributed by atoms with van der Waals surface area (Å²) in [6.45, 7) is 1.87. The third-order valence-corrected chi connectivity index (χ3v) is 5.80. The normalized spacial score (nSPS) is 14.7. The Labute approximate surface area is 189 Å². The van der Waals surface area contributed by atoms with Gasteiger partial charge in [-0.1, -0.05) is 47.5 Å². The number of aromatic nitrogens is 2. The summed E-state index contributed by atoms with van der Waals surface area (Å²) >= 11 is 12.5. The number of hydrogen-bond donors (Lipinski definition) is 2. The Morgan fingerprint density at radius 2 is 1.90 bits per heavy atom. The zero-order valence-corrected chi connectivity index (χ0v) is 18.1. The number of rotatable bonds is 5. The van der Waals surface area contributed by atoms with Gasteiger partial charge in [-0.25, -0.2) is 9.67 Å². The van der Waals surface area contributed by atoms with Gasteiger partial charge in [0, 0.05) is 16.1 Å². The summed E-state index contributed by atoms with van der Waals surface area (Å²) < 4.78 is 1.70. The number of amides is 1. The molecular weight excluding hydrogens is 435 g/mol. The SMILES string of the molecule is Cc1c(C(=NC2(C(N)=O)CC2)NC#N)nn(-c2ccccc2Cl)c1-c1ccc(Cl)cc1. The van der Waals surface area contributed by atoms with E-state index < -0.39 is 11.4 Å². The number of nitrogens with two attached hydrogens (primary N) is 1. The Morgan fingerprint density at radius 1 is 1.23 bits per heavy atom. The molecule has 1 aromatic heterocycles.